The van der Waals surface area contributed by atoms with E-state index in [1.54, 1.807) is 20.8 Å². The van der Waals surface area contributed by atoms with Crippen molar-refractivity contribution in [2.45, 2.75) is 57.1 Å². The average Bonchev–Trinajstić information content (AvgIpc) is 2.17. The highest BCUT2D eigenvalue weighted by atomic mass is 16.7. The summed E-state index contributed by atoms with van der Waals surface area (Å²) in [4.78, 5) is 0. The summed E-state index contributed by atoms with van der Waals surface area (Å²) in [7, 11) is 0. The lowest BCUT2D eigenvalue weighted by molar-refractivity contribution is -0.320. The lowest BCUT2D eigenvalue weighted by atomic mass is 9.99. The Labute approximate surface area is 94.4 Å². The summed E-state index contributed by atoms with van der Waals surface area (Å²) >= 11 is 0. The third-order valence-corrected chi connectivity index (χ3v) is 2.32. The van der Waals surface area contributed by atoms with Crippen molar-refractivity contribution in [1.29, 1.82) is 0 Å². The number of aliphatic hydroxyl groups is 4. The minimum Gasteiger partial charge on any atom is -0.394 e. The fraction of sp³-hybridized carbons (Fsp3) is 1.00. The van der Waals surface area contributed by atoms with Gasteiger partial charge in [0.25, 0.3) is 0 Å². The van der Waals surface area contributed by atoms with Gasteiger partial charge in [-0.3, -0.25) is 0 Å². The van der Waals surface area contributed by atoms with Gasteiger partial charge in [0.05, 0.1) is 12.2 Å². The van der Waals surface area contributed by atoms with Crippen LogP contribution in [0.3, 0.4) is 0 Å². The maximum atomic E-state index is 9.64. The lowest BCUT2D eigenvalue weighted by Crippen LogP contribution is -2.60. The standard InChI is InChI=1S/C10H20O6/c1-10(2,3)16-9-8(14)7(13)6(12)5(4-11)15-9/h5-9,11-14H,4H2,1-3H3/t5?,6-,7?,8?,9-/m0/s1. The zero-order valence-corrected chi connectivity index (χ0v) is 9.70. The molecule has 1 saturated heterocycles. The van der Waals surface area contributed by atoms with Gasteiger partial charge in [-0.25, -0.2) is 0 Å². The summed E-state index contributed by atoms with van der Waals surface area (Å²) in [5.41, 5.74) is -0.562. The van der Waals surface area contributed by atoms with E-state index in [1.807, 2.05) is 0 Å². The smallest absolute Gasteiger partial charge is 0.187 e. The largest absolute Gasteiger partial charge is 0.394 e. The minimum atomic E-state index is -1.39. The van der Waals surface area contributed by atoms with Gasteiger partial charge in [-0.05, 0) is 20.8 Å². The van der Waals surface area contributed by atoms with Crippen molar-refractivity contribution in [2.75, 3.05) is 6.61 Å². The van der Waals surface area contributed by atoms with Gasteiger partial charge >= 0.3 is 0 Å². The van der Waals surface area contributed by atoms with Gasteiger partial charge in [-0.2, -0.15) is 0 Å². The Morgan fingerprint density at radius 2 is 1.62 bits per heavy atom. The van der Waals surface area contributed by atoms with Gasteiger partial charge in [-0.15, -0.1) is 0 Å². The fourth-order valence-corrected chi connectivity index (χ4v) is 1.51. The van der Waals surface area contributed by atoms with Gasteiger partial charge in [-0.1, -0.05) is 0 Å². The third kappa shape index (κ3) is 3.13. The van der Waals surface area contributed by atoms with Crippen molar-refractivity contribution in [3.63, 3.8) is 0 Å². The molecule has 0 aromatic heterocycles. The second-order valence-electron chi connectivity index (χ2n) is 4.93. The number of ether oxygens (including phenoxy) is 2. The van der Waals surface area contributed by atoms with E-state index in [0.29, 0.717) is 0 Å². The first kappa shape index (κ1) is 13.8. The molecule has 0 amide bonds. The molecule has 3 unspecified atom stereocenters. The molecule has 0 aliphatic carbocycles. The molecule has 1 aliphatic heterocycles. The first-order chi connectivity index (χ1) is 7.26. The van der Waals surface area contributed by atoms with Gasteiger partial charge in [0.2, 0.25) is 0 Å². The van der Waals surface area contributed by atoms with E-state index in [0.717, 1.165) is 0 Å². The van der Waals surface area contributed by atoms with Crippen molar-refractivity contribution in [3.8, 4) is 0 Å². The summed E-state index contributed by atoms with van der Waals surface area (Å²) in [6, 6.07) is 0. The normalized spacial score (nSPS) is 41.1. The first-order valence-corrected chi connectivity index (χ1v) is 5.24. The molecule has 1 heterocycles. The van der Waals surface area contributed by atoms with Crippen LogP contribution in [0.25, 0.3) is 0 Å². The molecule has 0 bridgehead atoms. The first-order valence-electron chi connectivity index (χ1n) is 5.24. The molecule has 6 heteroatoms. The Hall–Kier alpha value is -0.240. The van der Waals surface area contributed by atoms with Crippen molar-refractivity contribution in [1.82, 2.24) is 0 Å². The van der Waals surface area contributed by atoms with E-state index < -0.39 is 42.9 Å². The Balaban J connectivity index is 2.71. The Kier molecular flexibility index (Phi) is 4.28. The average molecular weight is 236 g/mol. The van der Waals surface area contributed by atoms with Crippen LogP contribution in [0.1, 0.15) is 20.8 Å². The van der Waals surface area contributed by atoms with Crippen molar-refractivity contribution < 1.29 is 29.9 Å². The maximum Gasteiger partial charge on any atom is 0.187 e. The van der Waals surface area contributed by atoms with Crippen LogP contribution in [0.15, 0.2) is 0 Å². The molecule has 1 rings (SSSR count). The van der Waals surface area contributed by atoms with Crippen molar-refractivity contribution >= 4 is 0 Å². The van der Waals surface area contributed by atoms with Gasteiger partial charge in [0.1, 0.15) is 24.4 Å². The van der Waals surface area contributed by atoms with Crippen LogP contribution in [-0.2, 0) is 9.47 Å². The maximum absolute atomic E-state index is 9.64. The molecule has 4 N–H and O–H groups in total. The molecule has 5 atom stereocenters. The SMILES string of the molecule is CC(C)(C)O[C@@H]1OC(CO)[C@H](O)C(O)C1O. The fourth-order valence-electron chi connectivity index (χ4n) is 1.51. The number of aliphatic hydroxyl groups excluding tert-OH is 4. The highest BCUT2D eigenvalue weighted by molar-refractivity contribution is 4.89. The van der Waals surface area contributed by atoms with Gasteiger partial charge in [0, 0.05) is 0 Å². The van der Waals surface area contributed by atoms with Crippen molar-refractivity contribution in [3.05, 3.63) is 0 Å². The van der Waals surface area contributed by atoms with E-state index in [9.17, 15) is 15.3 Å². The lowest BCUT2D eigenvalue weighted by Gasteiger charge is -2.41. The molecule has 0 spiro atoms. The highest BCUT2D eigenvalue weighted by Gasteiger charge is 2.45. The quantitative estimate of drug-likeness (QED) is 0.471. The molecule has 0 saturated carbocycles. The van der Waals surface area contributed by atoms with E-state index >= 15 is 0 Å². The van der Waals surface area contributed by atoms with Gasteiger partial charge < -0.3 is 29.9 Å². The minimum absolute atomic E-state index is 0.449. The summed E-state index contributed by atoms with van der Waals surface area (Å²) in [6.07, 6.45) is -6.06. The van der Waals surface area contributed by atoms with Crippen LogP contribution < -0.4 is 0 Å². The predicted octanol–water partition coefficient (Wildman–Crippen LogP) is -1.40. The zero-order chi connectivity index (χ0) is 12.5. The highest BCUT2D eigenvalue weighted by Crippen LogP contribution is 2.25. The molecule has 0 radical (unpaired) electrons. The van der Waals surface area contributed by atoms with Crippen LogP contribution in [0.4, 0.5) is 0 Å². The number of hydrogen-bond donors (Lipinski definition) is 4. The molecule has 6 nitrogen and oxygen atoms in total. The zero-order valence-electron chi connectivity index (χ0n) is 9.70. The van der Waals surface area contributed by atoms with Gasteiger partial charge in [0.15, 0.2) is 6.29 Å². The van der Waals surface area contributed by atoms with Crippen LogP contribution >= 0.6 is 0 Å². The van der Waals surface area contributed by atoms with E-state index in [4.69, 9.17) is 14.6 Å². The number of hydrogen-bond acceptors (Lipinski definition) is 6. The molecule has 1 aliphatic rings. The summed E-state index contributed by atoms with van der Waals surface area (Å²) in [5, 5.41) is 37.6. The van der Waals surface area contributed by atoms with E-state index in [-0.39, 0.29) is 0 Å². The number of rotatable bonds is 2. The molecular formula is C10H20O6. The second-order valence-corrected chi connectivity index (χ2v) is 4.93. The molecule has 0 aromatic rings. The topological polar surface area (TPSA) is 99.4 Å². The van der Waals surface area contributed by atoms with E-state index in [2.05, 4.69) is 0 Å². The van der Waals surface area contributed by atoms with Crippen LogP contribution in [0.2, 0.25) is 0 Å². The second kappa shape index (κ2) is 4.95. The predicted molar refractivity (Wildman–Crippen MR) is 54.6 cm³/mol. The van der Waals surface area contributed by atoms with Crippen LogP contribution in [0, 0.1) is 0 Å². The molecule has 0 aromatic carbocycles. The summed E-state index contributed by atoms with van der Waals surface area (Å²) < 4.78 is 10.6. The summed E-state index contributed by atoms with van der Waals surface area (Å²) in [6.45, 7) is 4.87. The third-order valence-electron chi connectivity index (χ3n) is 2.32. The van der Waals surface area contributed by atoms with Crippen LogP contribution in [0.5, 0.6) is 0 Å². The monoisotopic (exact) mass is 236 g/mol. The van der Waals surface area contributed by atoms with Crippen molar-refractivity contribution in [2.24, 2.45) is 0 Å². The Morgan fingerprint density at radius 3 is 2.06 bits per heavy atom. The molecule has 1 fully saturated rings. The molecular weight excluding hydrogens is 216 g/mol. The Morgan fingerprint density at radius 1 is 1.06 bits per heavy atom. The Bertz CT molecular complexity index is 224. The van der Waals surface area contributed by atoms with Crippen LogP contribution in [-0.4, -0.2) is 63.3 Å². The molecule has 96 valence electrons. The molecule has 16 heavy (non-hydrogen) atoms. The summed E-state index contributed by atoms with van der Waals surface area (Å²) in [5.74, 6) is 0. The van der Waals surface area contributed by atoms with E-state index in [1.165, 1.54) is 0 Å².